The van der Waals surface area contributed by atoms with Gasteiger partial charge in [0.1, 0.15) is 6.10 Å². The van der Waals surface area contributed by atoms with E-state index in [-0.39, 0.29) is 25.4 Å². The molecule has 0 saturated carbocycles. The molecule has 1 saturated heterocycles. The molecule has 3 rings (SSSR count). The summed E-state index contributed by atoms with van der Waals surface area (Å²) in [4.78, 5) is 38.1. The molecular formula is C21H20Cl2N2O4. The average molecular weight is 435 g/mol. The van der Waals surface area contributed by atoms with Crippen LogP contribution in [0.4, 0.5) is 0 Å². The molecule has 2 aromatic rings. The molecular weight excluding hydrogens is 415 g/mol. The molecule has 6 nitrogen and oxygen atoms in total. The van der Waals surface area contributed by atoms with Crippen molar-refractivity contribution in [3.8, 4) is 0 Å². The number of ether oxygens (including phenoxy) is 1. The summed E-state index contributed by atoms with van der Waals surface area (Å²) in [6.07, 6.45) is -0.260. The lowest BCUT2D eigenvalue weighted by Gasteiger charge is -2.26. The van der Waals surface area contributed by atoms with Gasteiger partial charge in [0.15, 0.2) is 0 Å². The lowest BCUT2D eigenvalue weighted by atomic mass is 9.93. The lowest BCUT2D eigenvalue weighted by Crippen LogP contribution is -2.43. The monoisotopic (exact) mass is 434 g/mol. The minimum Gasteiger partial charge on any atom is -0.457 e. The van der Waals surface area contributed by atoms with Crippen LogP contribution in [0.5, 0.6) is 0 Å². The third kappa shape index (κ3) is 5.49. The topological polar surface area (TPSA) is 89.7 Å². The van der Waals surface area contributed by atoms with Crippen molar-refractivity contribution in [2.24, 2.45) is 11.7 Å². The fourth-order valence-corrected chi connectivity index (χ4v) is 3.58. The standard InChI is InChI=1S/C21H20Cl2N2O4/c22-15-5-1-13(2-6-15)9-10-25(12-18(24)26)21(28)17-11-19(27)29-20(17)14-3-7-16(23)8-4-14/h1-8,17,20H,9-12H2,(H2,24,26)/t17-,20+/m1/s1. The normalized spacial score (nSPS) is 18.3. The maximum absolute atomic E-state index is 13.2. The van der Waals surface area contributed by atoms with Crippen molar-refractivity contribution in [2.45, 2.75) is 18.9 Å². The quantitative estimate of drug-likeness (QED) is 0.677. The van der Waals surface area contributed by atoms with Crippen molar-refractivity contribution in [3.63, 3.8) is 0 Å². The van der Waals surface area contributed by atoms with Crippen LogP contribution >= 0.6 is 23.2 Å². The van der Waals surface area contributed by atoms with E-state index in [1.54, 1.807) is 36.4 Å². The number of nitrogens with two attached hydrogens (primary N) is 1. The SMILES string of the molecule is NC(=O)CN(CCc1ccc(Cl)cc1)C(=O)[C@@H]1CC(=O)O[C@H]1c1ccc(Cl)cc1. The highest BCUT2D eigenvalue weighted by Gasteiger charge is 2.42. The smallest absolute Gasteiger partial charge is 0.307 e. The summed E-state index contributed by atoms with van der Waals surface area (Å²) in [5, 5.41) is 1.16. The van der Waals surface area contributed by atoms with E-state index < -0.39 is 23.9 Å². The predicted octanol–water partition coefficient (Wildman–Crippen LogP) is 3.15. The van der Waals surface area contributed by atoms with E-state index in [0.29, 0.717) is 22.0 Å². The van der Waals surface area contributed by atoms with Crippen molar-refractivity contribution < 1.29 is 19.1 Å². The van der Waals surface area contributed by atoms with Crippen LogP contribution in [0.1, 0.15) is 23.7 Å². The molecule has 2 atom stereocenters. The van der Waals surface area contributed by atoms with Gasteiger partial charge < -0.3 is 15.4 Å². The molecule has 1 heterocycles. The first-order valence-electron chi connectivity index (χ1n) is 9.10. The highest BCUT2D eigenvalue weighted by Crippen LogP contribution is 2.37. The molecule has 152 valence electrons. The zero-order chi connectivity index (χ0) is 21.0. The summed E-state index contributed by atoms with van der Waals surface area (Å²) in [5.74, 6) is -2.15. The van der Waals surface area contributed by atoms with E-state index in [0.717, 1.165) is 5.56 Å². The first-order chi connectivity index (χ1) is 13.8. The van der Waals surface area contributed by atoms with Gasteiger partial charge >= 0.3 is 5.97 Å². The summed E-state index contributed by atoms with van der Waals surface area (Å²) < 4.78 is 5.39. The van der Waals surface area contributed by atoms with E-state index in [1.165, 1.54) is 4.90 Å². The zero-order valence-corrected chi connectivity index (χ0v) is 17.0. The number of esters is 1. The molecule has 2 N–H and O–H groups in total. The third-order valence-electron chi connectivity index (χ3n) is 4.77. The number of hydrogen-bond donors (Lipinski definition) is 1. The Hall–Kier alpha value is -2.57. The first-order valence-corrected chi connectivity index (χ1v) is 9.85. The summed E-state index contributed by atoms with van der Waals surface area (Å²) in [6, 6.07) is 14.0. The Balaban J connectivity index is 1.77. The molecule has 1 aliphatic heterocycles. The fraction of sp³-hybridized carbons (Fsp3) is 0.286. The number of carbonyl (C=O) groups is 3. The van der Waals surface area contributed by atoms with E-state index in [9.17, 15) is 14.4 Å². The van der Waals surface area contributed by atoms with Gasteiger partial charge in [0.05, 0.1) is 18.9 Å². The second-order valence-corrected chi connectivity index (χ2v) is 7.75. The average Bonchev–Trinajstić information content (AvgIpc) is 3.08. The summed E-state index contributed by atoms with van der Waals surface area (Å²) in [6.45, 7) is 0.0475. The Morgan fingerprint density at radius 2 is 1.62 bits per heavy atom. The molecule has 0 bridgehead atoms. The lowest BCUT2D eigenvalue weighted by molar-refractivity contribution is -0.143. The van der Waals surface area contributed by atoms with E-state index in [2.05, 4.69) is 0 Å². The molecule has 8 heteroatoms. The molecule has 2 aromatic carbocycles. The van der Waals surface area contributed by atoms with Gasteiger partial charge in [-0.25, -0.2) is 0 Å². The van der Waals surface area contributed by atoms with Crippen LogP contribution < -0.4 is 5.73 Å². The van der Waals surface area contributed by atoms with Crippen LogP contribution in [0.15, 0.2) is 48.5 Å². The number of benzene rings is 2. The van der Waals surface area contributed by atoms with Crippen molar-refractivity contribution >= 4 is 41.0 Å². The largest absolute Gasteiger partial charge is 0.457 e. The van der Waals surface area contributed by atoms with Gasteiger partial charge in [-0.3, -0.25) is 14.4 Å². The maximum Gasteiger partial charge on any atom is 0.307 e. The number of cyclic esters (lactones) is 1. The Morgan fingerprint density at radius 3 is 2.21 bits per heavy atom. The number of primary amides is 1. The summed E-state index contributed by atoms with van der Waals surface area (Å²) in [5.41, 5.74) is 6.98. The fourth-order valence-electron chi connectivity index (χ4n) is 3.33. The van der Waals surface area contributed by atoms with Crippen LogP contribution in [0.25, 0.3) is 0 Å². The molecule has 0 aliphatic carbocycles. The number of amides is 2. The minimum atomic E-state index is -0.728. The molecule has 0 radical (unpaired) electrons. The van der Waals surface area contributed by atoms with Gasteiger partial charge in [0.25, 0.3) is 0 Å². The highest BCUT2D eigenvalue weighted by molar-refractivity contribution is 6.30. The van der Waals surface area contributed by atoms with Crippen LogP contribution in [0.3, 0.4) is 0 Å². The number of rotatable bonds is 7. The van der Waals surface area contributed by atoms with Gasteiger partial charge in [-0.1, -0.05) is 47.5 Å². The number of nitrogens with zero attached hydrogens (tertiary/aromatic N) is 1. The molecule has 29 heavy (non-hydrogen) atoms. The van der Waals surface area contributed by atoms with Gasteiger partial charge in [-0.05, 0) is 41.8 Å². The van der Waals surface area contributed by atoms with Gasteiger partial charge in [-0.2, -0.15) is 0 Å². The molecule has 1 fully saturated rings. The van der Waals surface area contributed by atoms with Crippen molar-refractivity contribution in [2.75, 3.05) is 13.1 Å². The van der Waals surface area contributed by atoms with Crippen molar-refractivity contribution in [1.82, 2.24) is 4.90 Å². The Kier molecular flexibility index (Phi) is 6.77. The minimum absolute atomic E-state index is 0.0532. The van der Waals surface area contributed by atoms with Gasteiger partial charge in [-0.15, -0.1) is 0 Å². The molecule has 2 amide bonds. The van der Waals surface area contributed by atoms with E-state index >= 15 is 0 Å². The van der Waals surface area contributed by atoms with Crippen molar-refractivity contribution in [1.29, 1.82) is 0 Å². The molecule has 1 aliphatic rings. The molecule has 0 aromatic heterocycles. The summed E-state index contributed by atoms with van der Waals surface area (Å²) in [7, 11) is 0. The zero-order valence-electron chi connectivity index (χ0n) is 15.5. The summed E-state index contributed by atoms with van der Waals surface area (Å²) >= 11 is 11.8. The Morgan fingerprint density at radius 1 is 1.03 bits per heavy atom. The second-order valence-electron chi connectivity index (χ2n) is 6.88. The van der Waals surface area contributed by atoms with Crippen molar-refractivity contribution in [3.05, 3.63) is 69.7 Å². The highest BCUT2D eigenvalue weighted by atomic mass is 35.5. The Bertz CT molecular complexity index is 900. The second kappa shape index (κ2) is 9.29. The van der Waals surface area contributed by atoms with Crippen LogP contribution in [-0.2, 0) is 25.5 Å². The van der Waals surface area contributed by atoms with Gasteiger partial charge in [0, 0.05) is 16.6 Å². The van der Waals surface area contributed by atoms with Crippen LogP contribution in [-0.4, -0.2) is 35.8 Å². The number of halogens is 2. The predicted molar refractivity (Wildman–Crippen MR) is 109 cm³/mol. The molecule has 0 unspecified atom stereocenters. The first kappa shape index (κ1) is 21.1. The third-order valence-corrected chi connectivity index (χ3v) is 5.27. The number of carbonyl (C=O) groups excluding carboxylic acids is 3. The Labute approximate surface area is 178 Å². The van der Waals surface area contributed by atoms with Gasteiger partial charge in [0.2, 0.25) is 11.8 Å². The van der Waals surface area contributed by atoms with E-state index in [1.807, 2.05) is 12.1 Å². The van der Waals surface area contributed by atoms with E-state index in [4.69, 9.17) is 33.7 Å². The van der Waals surface area contributed by atoms with Crippen LogP contribution in [0, 0.1) is 5.92 Å². The number of hydrogen-bond acceptors (Lipinski definition) is 4. The molecule has 0 spiro atoms. The maximum atomic E-state index is 13.2. The van der Waals surface area contributed by atoms with Crippen LogP contribution in [0.2, 0.25) is 10.0 Å².